The Morgan fingerprint density at radius 3 is 2.09 bits per heavy atom. The van der Waals surface area contributed by atoms with E-state index in [4.69, 9.17) is 4.74 Å². The van der Waals surface area contributed by atoms with Crippen LogP contribution in [0.15, 0.2) is 66.7 Å². The molecule has 1 N–H and O–H groups in total. The summed E-state index contributed by atoms with van der Waals surface area (Å²) < 4.78 is 113. The fourth-order valence-corrected chi connectivity index (χ4v) is 3.09. The maximum atomic E-state index is 14.5. The second kappa shape index (κ2) is 9.88. The number of halogens is 8. The predicted octanol–water partition coefficient (Wildman–Crippen LogP) is 6.71. The van der Waals surface area contributed by atoms with Crippen molar-refractivity contribution in [1.29, 1.82) is 0 Å². The van der Waals surface area contributed by atoms with Crippen molar-refractivity contribution in [2.24, 2.45) is 0 Å². The van der Waals surface area contributed by atoms with Gasteiger partial charge in [-0.25, -0.2) is 8.78 Å². The molecule has 0 aliphatic rings. The summed E-state index contributed by atoms with van der Waals surface area (Å²) in [5.74, 6) is -2.80. The van der Waals surface area contributed by atoms with E-state index < -0.39 is 54.3 Å². The van der Waals surface area contributed by atoms with Crippen molar-refractivity contribution in [2.45, 2.75) is 25.0 Å². The van der Waals surface area contributed by atoms with Gasteiger partial charge in [0, 0.05) is 23.9 Å². The number of hydrogen-bond acceptors (Lipinski definition) is 3. The van der Waals surface area contributed by atoms with Crippen LogP contribution in [0.2, 0.25) is 0 Å². The van der Waals surface area contributed by atoms with Gasteiger partial charge in [0.2, 0.25) is 0 Å². The van der Waals surface area contributed by atoms with Crippen LogP contribution in [0.1, 0.15) is 11.1 Å². The van der Waals surface area contributed by atoms with Gasteiger partial charge in [0.25, 0.3) is 0 Å². The normalized spacial score (nSPS) is 13.0. The highest BCUT2D eigenvalue weighted by atomic mass is 19.4. The number of hydrogen-bond donors (Lipinski definition) is 1. The maximum Gasteiger partial charge on any atom is 0.419 e. The number of nitrogens with zero attached hydrogens (tertiary/aromatic N) is 1. The van der Waals surface area contributed by atoms with Crippen LogP contribution in [0.25, 0.3) is 0 Å². The minimum Gasteiger partial charge on any atom is -0.457 e. The molecule has 0 heterocycles. The Hall–Kier alpha value is -3.34. The highest BCUT2D eigenvalue weighted by Gasteiger charge is 2.40. The molecule has 0 saturated carbocycles. The first-order valence-corrected chi connectivity index (χ1v) is 9.73. The molecule has 0 bridgehead atoms. The molecule has 34 heavy (non-hydrogen) atoms. The lowest BCUT2D eigenvalue weighted by Crippen LogP contribution is -2.41. The van der Waals surface area contributed by atoms with Crippen LogP contribution < -0.4 is 9.64 Å². The second-order valence-corrected chi connectivity index (χ2v) is 7.24. The average molecular weight is 491 g/mol. The maximum absolute atomic E-state index is 14.5. The van der Waals surface area contributed by atoms with Crippen molar-refractivity contribution in [1.82, 2.24) is 0 Å². The molecule has 3 rings (SSSR count). The Morgan fingerprint density at radius 1 is 0.824 bits per heavy atom. The summed E-state index contributed by atoms with van der Waals surface area (Å²) in [5, 5.41) is 9.56. The molecule has 3 aromatic rings. The number of ether oxygens (including phenoxy) is 1. The van der Waals surface area contributed by atoms with Crippen LogP contribution in [0.5, 0.6) is 11.5 Å². The molecule has 0 amide bonds. The molecule has 3 aromatic carbocycles. The Kier molecular flexibility index (Phi) is 7.35. The smallest absolute Gasteiger partial charge is 0.419 e. The van der Waals surface area contributed by atoms with E-state index in [1.165, 1.54) is 24.3 Å². The molecule has 0 fully saturated rings. The summed E-state index contributed by atoms with van der Waals surface area (Å²) in [5.41, 5.74) is -2.94. The van der Waals surface area contributed by atoms with E-state index in [2.05, 4.69) is 0 Å². The summed E-state index contributed by atoms with van der Waals surface area (Å²) in [6.45, 7) is -2.23. The SMILES string of the molecule is OC(CN(Cc1c(F)ccc(C(F)(F)F)c1F)c1cccc(Oc2ccccc2)c1)C(F)(F)F. The highest BCUT2D eigenvalue weighted by molar-refractivity contribution is 5.52. The fraction of sp³-hybridized carbons (Fsp3) is 0.217. The van der Waals surface area contributed by atoms with E-state index in [1.807, 2.05) is 0 Å². The standard InChI is InChI=1S/C23H17F8NO2/c24-19-10-9-18(22(26,27)28)21(25)17(19)12-32(13-20(33)23(29,30)31)14-5-4-8-16(11-14)34-15-6-2-1-3-7-15/h1-11,20,33H,12-13H2. The number of anilines is 1. The third-order valence-corrected chi connectivity index (χ3v) is 4.77. The molecule has 0 aromatic heterocycles. The van der Waals surface area contributed by atoms with Crippen LogP contribution in [0.3, 0.4) is 0 Å². The topological polar surface area (TPSA) is 32.7 Å². The molecule has 0 radical (unpaired) electrons. The van der Waals surface area contributed by atoms with Crippen LogP contribution in [-0.2, 0) is 12.7 Å². The first kappa shape index (κ1) is 25.3. The molecular formula is C23H17F8NO2. The van der Waals surface area contributed by atoms with E-state index in [-0.39, 0.29) is 17.5 Å². The molecular weight excluding hydrogens is 474 g/mol. The molecule has 0 spiro atoms. The zero-order valence-corrected chi connectivity index (χ0v) is 17.2. The van der Waals surface area contributed by atoms with Crippen molar-refractivity contribution in [3.63, 3.8) is 0 Å². The summed E-state index contributed by atoms with van der Waals surface area (Å²) in [6.07, 6.45) is -13.2. The molecule has 0 aliphatic heterocycles. The number of benzene rings is 3. The Balaban J connectivity index is 2.00. The van der Waals surface area contributed by atoms with Crippen molar-refractivity contribution in [2.75, 3.05) is 11.4 Å². The molecule has 11 heteroatoms. The third kappa shape index (κ3) is 6.16. The van der Waals surface area contributed by atoms with Gasteiger partial charge in [-0.2, -0.15) is 26.3 Å². The summed E-state index contributed by atoms with van der Waals surface area (Å²) in [7, 11) is 0. The third-order valence-electron chi connectivity index (χ3n) is 4.77. The van der Waals surface area contributed by atoms with Crippen LogP contribution in [0, 0.1) is 11.6 Å². The fourth-order valence-electron chi connectivity index (χ4n) is 3.09. The number of rotatable bonds is 7. The lowest BCUT2D eigenvalue weighted by atomic mass is 10.1. The van der Waals surface area contributed by atoms with Crippen molar-refractivity contribution < 1.29 is 45.0 Å². The average Bonchev–Trinajstić information content (AvgIpc) is 2.75. The van der Waals surface area contributed by atoms with Gasteiger partial charge in [-0.15, -0.1) is 0 Å². The molecule has 1 atom stereocenters. The zero-order chi connectivity index (χ0) is 25.1. The van der Waals surface area contributed by atoms with Crippen LogP contribution in [0.4, 0.5) is 40.8 Å². The van der Waals surface area contributed by atoms with E-state index in [9.17, 15) is 40.2 Å². The van der Waals surface area contributed by atoms with Crippen molar-refractivity contribution in [3.8, 4) is 11.5 Å². The quantitative estimate of drug-likeness (QED) is 0.373. The number of aliphatic hydroxyl groups is 1. The Morgan fingerprint density at radius 2 is 1.47 bits per heavy atom. The minimum absolute atomic E-state index is 0.0760. The second-order valence-electron chi connectivity index (χ2n) is 7.24. The van der Waals surface area contributed by atoms with Gasteiger partial charge < -0.3 is 14.7 Å². The van der Waals surface area contributed by atoms with Crippen molar-refractivity contribution >= 4 is 5.69 Å². The van der Waals surface area contributed by atoms with Gasteiger partial charge >= 0.3 is 12.4 Å². The number of aliphatic hydroxyl groups excluding tert-OH is 1. The van der Waals surface area contributed by atoms with Gasteiger partial charge in [-0.05, 0) is 36.4 Å². The summed E-state index contributed by atoms with van der Waals surface area (Å²) in [6, 6.07) is 14.2. The van der Waals surface area contributed by atoms with Crippen LogP contribution in [-0.4, -0.2) is 23.9 Å². The first-order chi connectivity index (χ1) is 15.9. The number of alkyl halides is 6. The van der Waals surface area contributed by atoms with Gasteiger partial charge in [0.1, 0.15) is 23.1 Å². The molecule has 0 aliphatic carbocycles. The van der Waals surface area contributed by atoms with E-state index >= 15 is 0 Å². The van der Waals surface area contributed by atoms with E-state index in [0.29, 0.717) is 11.8 Å². The summed E-state index contributed by atoms with van der Waals surface area (Å²) in [4.78, 5) is 0.720. The lowest BCUT2D eigenvalue weighted by Gasteiger charge is -2.29. The zero-order valence-electron chi connectivity index (χ0n) is 17.2. The number of para-hydroxylation sites is 1. The molecule has 0 saturated heterocycles. The van der Waals surface area contributed by atoms with E-state index in [0.717, 1.165) is 4.90 Å². The lowest BCUT2D eigenvalue weighted by molar-refractivity contribution is -0.200. The molecule has 3 nitrogen and oxygen atoms in total. The van der Waals surface area contributed by atoms with Gasteiger partial charge in [0.05, 0.1) is 12.1 Å². The summed E-state index contributed by atoms with van der Waals surface area (Å²) >= 11 is 0. The largest absolute Gasteiger partial charge is 0.457 e. The van der Waals surface area contributed by atoms with Gasteiger partial charge in [-0.3, -0.25) is 0 Å². The highest BCUT2D eigenvalue weighted by Crippen LogP contribution is 2.35. The van der Waals surface area contributed by atoms with Gasteiger partial charge in [0.15, 0.2) is 6.10 Å². The van der Waals surface area contributed by atoms with Crippen molar-refractivity contribution in [3.05, 3.63) is 89.5 Å². The van der Waals surface area contributed by atoms with Gasteiger partial charge in [-0.1, -0.05) is 24.3 Å². The van der Waals surface area contributed by atoms with Crippen LogP contribution >= 0.6 is 0 Å². The Labute approximate surface area is 188 Å². The minimum atomic E-state index is -5.15. The molecule has 182 valence electrons. The van der Waals surface area contributed by atoms with E-state index in [1.54, 1.807) is 30.3 Å². The first-order valence-electron chi connectivity index (χ1n) is 9.73. The predicted molar refractivity (Wildman–Crippen MR) is 107 cm³/mol. The monoisotopic (exact) mass is 491 g/mol. The molecule has 1 unspecified atom stereocenters. The Bertz CT molecular complexity index is 1120.